The monoisotopic (exact) mass is 373 g/mol. The minimum absolute atomic E-state index is 0.314. The Labute approximate surface area is 151 Å². The highest BCUT2D eigenvalue weighted by atomic mass is 32.2. The van der Waals surface area contributed by atoms with Gasteiger partial charge in [-0.2, -0.15) is 0 Å². The Balaban J connectivity index is 1.51. The number of nitrogens with zero attached hydrogens (tertiary/aromatic N) is 3. The number of sulfone groups is 1. The molecule has 0 saturated heterocycles. The standard InChI is InChI=1S/C18H19N3O2S2/c1-25(22,23)15-9-14-4-6-21(7-5-16(14)19-10-15)11-13-2-3-18-17(8-13)20-12-24-18/h2-3,8-10,12H,4-7,11H2,1H3. The summed E-state index contributed by atoms with van der Waals surface area (Å²) in [5.41, 5.74) is 6.27. The lowest BCUT2D eigenvalue weighted by Crippen LogP contribution is -2.25. The molecule has 130 valence electrons. The van der Waals surface area contributed by atoms with E-state index in [4.69, 9.17) is 0 Å². The molecule has 0 radical (unpaired) electrons. The van der Waals surface area contributed by atoms with Gasteiger partial charge in [0, 0.05) is 44.2 Å². The zero-order valence-corrected chi connectivity index (χ0v) is 15.6. The van der Waals surface area contributed by atoms with Crippen LogP contribution >= 0.6 is 11.3 Å². The Morgan fingerprint density at radius 3 is 2.84 bits per heavy atom. The molecule has 3 heterocycles. The molecule has 2 aromatic heterocycles. The predicted molar refractivity (Wildman–Crippen MR) is 99.7 cm³/mol. The molecule has 1 aliphatic heterocycles. The molecule has 0 amide bonds. The van der Waals surface area contributed by atoms with Crippen LogP contribution in [-0.4, -0.2) is 42.6 Å². The summed E-state index contributed by atoms with van der Waals surface area (Å²) in [6.07, 6.45) is 4.39. The van der Waals surface area contributed by atoms with Crippen molar-refractivity contribution in [1.29, 1.82) is 0 Å². The van der Waals surface area contributed by atoms with E-state index in [2.05, 4.69) is 33.1 Å². The molecule has 0 N–H and O–H groups in total. The molecule has 7 heteroatoms. The van der Waals surface area contributed by atoms with E-state index < -0.39 is 9.84 Å². The third-order valence-electron chi connectivity index (χ3n) is 4.63. The van der Waals surface area contributed by atoms with Gasteiger partial charge in [0.1, 0.15) is 0 Å². The summed E-state index contributed by atoms with van der Waals surface area (Å²) in [6, 6.07) is 8.25. The molecule has 0 fully saturated rings. The van der Waals surface area contributed by atoms with Gasteiger partial charge in [0.2, 0.25) is 0 Å². The van der Waals surface area contributed by atoms with Crippen molar-refractivity contribution in [3.8, 4) is 0 Å². The molecule has 0 bridgehead atoms. The topological polar surface area (TPSA) is 63.2 Å². The number of hydrogen-bond acceptors (Lipinski definition) is 6. The van der Waals surface area contributed by atoms with Gasteiger partial charge in [-0.3, -0.25) is 9.88 Å². The number of hydrogen-bond donors (Lipinski definition) is 0. The zero-order chi connectivity index (χ0) is 17.4. The van der Waals surface area contributed by atoms with E-state index in [1.807, 2.05) is 5.51 Å². The highest BCUT2D eigenvalue weighted by Crippen LogP contribution is 2.22. The van der Waals surface area contributed by atoms with Crippen molar-refractivity contribution in [2.45, 2.75) is 24.3 Å². The van der Waals surface area contributed by atoms with Gasteiger partial charge in [-0.1, -0.05) is 6.07 Å². The van der Waals surface area contributed by atoms with Crippen molar-refractivity contribution in [2.24, 2.45) is 0 Å². The second-order valence-corrected chi connectivity index (χ2v) is 9.38. The SMILES string of the molecule is CS(=O)(=O)c1cnc2c(c1)CCN(Cc1ccc3scnc3c1)CC2. The van der Waals surface area contributed by atoms with Crippen LogP contribution in [0.3, 0.4) is 0 Å². The molecule has 3 aromatic rings. The second-order valence-electron chi connectivity index (χ2n) is 6.48. The maximum absolute atomic E-state index is 11.7. The van der Waals surface area contributed by atoms with Gasteiger partial charge >= 0.3 is 0 Å². The molecule has 0 saturated carbocycles. The van der Waals surface area contributed by atoms with Gasteiger partial charge < -0.3 is 0 Å². The van der Waals surface area contributed by atoms with E-state index >= 15 is 0 Å². The quantitative estimate of drug-likeness (QED) is 0.706. The highest BCUT2D eigenvalue weighted by molar-refractivity contribution is 7.90. The third kappa shape index (κ3) is 3.58. The van der Waals surface area contributed by atoms with Crippen LogP contribution in [0.2, 0.25) is 0 Å². The predicted octanol–water partition coefficient (Wildman–Crippen LogP) is 2.70. The Kier molecular flexibility index (Phi) is 4.31. The first-order chi connectivity index (χ1) is 12.0. The van der Waals surface area contributed by atoms with Gasteiger partial charge in [-0.05, 0) is 35.7 Å². The van der Waals surface area contributed by atoms with Crippen LogP contribution in [0.4, 0.5) is 0 Å². The average molecular weight is 374 g/mol. The smallest absolute Gasteiger partial charge is 0.177 e. The van der Waals surface area contributed by atoms with E-state index in [0.29, 0.717) is 4.90 Å². The first-order valence-electron chi connectivity index (χ1n) is 8.21. The van der Waals surface area contributed by atoms with Crippen molar-refractivity contribution in [2.75, 3.05) is 19.3 Å². The Morgan fingerprint density at radius 1 is 1.16 bits per heavy atom. The molecule has 4 rings (SSSR count). The summed E-state index contributed by atoms with van der Waals surface area (Å²) in [5.74, 6) is 0. The largest absolute Gasteiger partial charge is 0.298 e. The van der Waals surface area contributed by atoms with Gasteiger partial charge in [-0.25, -0.2) is 13.4 Å². The Morgan fingerprint density at radius 2 is 2.00 bits per heavy atom. The fourth-order valence-corrected chi connectivity index (χ4v) is 4.49. The Hall–Kier alpha value is -1.83. The lowest BCUT2D eigenvalue weighted by atomic mass is 10.1. The summed E-state index contributed by atoms with van der Waals surface area (Å²) < 4.78 is 24.7. The summed E-state index contributed by atoms with van der Waals surface area (Å²) in [4.78, 5) is 11.5. The minimum atomic E-state index is -3.21. The molecule has 0 spiro atoms. The molecular formula is C18H19N3O2S2. The van der Waals surface area contributed by atoms with Gasteiger partial charge in [0.25, 0.3) is 0 Å². The van der Waals surface area contributed by atoms with Crippen molar-refractivity contribution >= 4 is 31.4 Å². The van der Waals surface area contributed by atoms with Gasteiger partial charge in [0.15, 0.2) is 9.84 Å². The van der Waals surface area contributed by atoms with E-state index in [-0.39, 0.29) is 0 Å². The lowest BCUT2D eigenvalue weighted by molar-refractivity contribution is 0.279. The molecule has 1 aromatic carbocycles. The van der Waals surface area contributed by atoms with Crippen LogP contribution in [0, 0.1) is 0 Å². The molecular weight excluding hydrogens is 354 g/mol. The molecule has 5 nitrogen and oxygen atoms in total. The van der Waals surface area contributed by atoms with Gasteiger partial charge in [-0.15, -0.1) is 11.3 Å². The summed E-state index contributed by atoms with van der Waals surface area (Å²) in [7, 11) is -3.21. The van der Waals surface area contributed by atoms with E-state index in [1.54, 1.807) is 17.4 Å². The van der Waals surface area contributed by atoms with E-state index in [1.165, 1.54) is 22.7 Å². The van der Waals surface area contributed by atoms with Crippen LogP contribution in [0.25, 0.3) is 10.2 Å². The van der Waals surface area contributed by atoms with Crippen molar-refractivity contribution < 1.29 is 8.42 Å². The maximum Gasteiger partial charge on any atom is 0.177 e. The molecule has 1 aliphatic rings. The average Bonchev–Trinajstić information content (AvgIpc) is 2.95. The third-order valence-corrected chi connectivity index (χ3v) is 6.52. The van der Waals surface area contributed by atoms with Crippen LogP contribution in [0.15, 0.2) is 40.9 Å². The Bertz CT molecular complexity index is 1030. The minimum Gasteiger partial charge on any atom is -0.298 e. The molecule has 25 heavy (non-hydrogen) atoms. The van der Waals surface area contributed by atoms with Gasteiger partial charge in [0.05, 0.1) is 20.6 Å². The molecule has 0 atom stereocenters. The number of benzene rings is 1. The number of pyridine rings is 1. The van der Waals surface area contributed by atoms with Crippen LogP contribution in [0.1, 0.15) is 16.8 Å². The van der Waals surface area contributed by atoms with Crippen molar-refractivity contribution in [3.63, 3.8) is 0 Å². The van der Waals surface area contributed by atoms with Crippen LogP contribution in [0.5, 0.6) is 0 Å². The second kappa shape index (κ2) is 6.48. The normalized spacial score (nSPS) is 15.9. The maximum atomic E-state index is 11.7. The van der Waals surface area contributed by atoms with E-state index in [9.17, 15) is 8.42 Å². The first kappa shape index (κ1) is 16.6. The lowest BCUT2D eigenvalue weighted by Gasteiger charge is -2.19. The van der Waals surface area contributed by atoms with Crippen LogP contribution in [-0.2, 0) is 29.2 Å². The summed E-state index contributed by atoms with van der Waals surface area (Å²) >= 11 is 1.66. The zero-order valence-electron chi connectivity index (χ0n) is 14.0. The number of aromatic nitrogens is 2. The van der Waals surface area contributed by atoms with Crippen LogP contribution < -0.4 is 0 Å². The number of thiazole rings is 1. The first-order valence-corrected chi connectivity index (χ1v) is 11.0. The number of fused-ring (bicyclic) bond motifs is 2. The molecule has 0 aliphatic carbocycles. The number of rotatable bonds is 3. The fraction of sp³-hybridized carbons (Fsp3) is 0.333. The van der Waals surface area contributed by atoms with Crippen molar-refractivity contribution in [1.82, 2.24) is 14.9 Å². The fourth-order valence-electron chi connectivity index (χ4n) is 3.23. The molecule has 0 unspecified atom stereocenters. The summed E-state index contributed by atoms with van der Waals surface area (Å²) in [5, 5.41) is 0. The highest BCUT2D eigenvalue weighted by Gasteiger charge is 2.18. The summed E-state index contributed by atoms with van der Waals surface area (Å²) in [6.45, 7) is 2.70. The van der Waals surface area contributed by atoms with Crippen molar-refractivity contribution in [3.05, 3.63) is 52.8 Å². The van der Waals surface area contributed by atoms with E-state index in [0.717, 1.165) is 49.2 Å².